The van der Waals surface area contributed by atoms with E-state index in [-0.39, 0.29) is 23.6 Å². The molecule has 1 aromatic rings. The summed E-state index contributed by atoms with van der Waals surface area (Å²) in [6.07, 6.45) is 0.137. The van der Waals surface area contributed by atoms with E-state index in [1.54, 1.807) is 32.9 Å². The van der Waals surface area contributed by atoms with Crippen LogP contribution in [-0.2, 0) is 23.9 Å². The molecule has 0 spiro atoms. The van der Waals surface area contributed by atoms with Gasteiger partial charge in [0.1, 0.15) is 11.7 Å². The third-order valence-electron chi connectivity index (χ3n) is 5.53. The molecule has 3 atom stereocenters. The molecule has 7 nitrogen and oxygen atoms in total. The summed E-state index contributed by atoms with van der Waals surface area (Å²) in [4.78, 5) is 38.8. The van der Waals surface area contributed by atoms with Crippen molar-refractivity contribution in [1.82, 2.24) is 5.32 Å². The van der Waals surface area contributed by atoms with Crippen LogP contribution in [0.15, 0.2) is 46.8 Å². The van der Waals surface area contributed by atoms with E-state index in [4.69, 9.17) is 9.47 Å². The Labute approximate surface area is 175 Å². The summed E-state index contributed by atoms with van der Waals surface area (Å²) in [7, 11) is 1.26. The number of aromatic hydroxyl groups is 1. The van der Waals surface area contributed by atoms with Crippen LogP contribution in [0.2, 0.25) is 0 Å². The topological polar surface area (TPSA) is 102 Å². The number of ketones is 1. The number of hydrogen-bond donors (Lipinski definition) is 2. The van der Waals surface area contributed by atoms with Gasteiger partial charge in [-0.05, 0) is 50.8 Å². The highest BCUT2D eigenvalue weighted by atomic mass is 16.5. The lowest BCUT2D eigenvalue weighted by atomic mass is 9.69. The molecule has 30 heavy (non-hydrogen) atoms. The van der Waals surface area contributed by atoms with Crippen molar-refractivity contribution in [2.24, 2.45) is 11.8 Å². The second kappa shape index (κ2) is 8.34. The Bertz CT molecular complexity index is 941. The first-order valence-corrected chi connectivity index (χ1v) is 9.98. The number of phenolic OH excluding ortho intramolecular Hbond substituents is 1. The van der Waals surface area contributed by atoms with Crippen molar-refractivity contribution in [1.29, 1.82) is 0 Å². The molecule has 1 aliphatic heterocycles. The number of carbonyl (C=O) groups excluding carboxylic acids is 3. The van der Waals surface area contributed by atoms with Crippen molar-refractivity contribution < 1.29 is 29.0 Å². The van der Waals surface area contributed by atoms with Crippen molar-refractivity contribution >= 4 is 17.7 Å². The standard InChI is InChI=1S/C23H27NO6/c1-11(2)30-23(28)18-13(4)24-16-10-12(3)17(22(27)29-5)21(26)20(16)19(18)14-6-8-15(25)9-7-14/h6-9,11-12,17,19,24-25H,10H2,1-5H3/t12-,17-,19+/m1/s1. The zero-order chi connectivity index (χ0) is 22.2. The van der Waals surface area contributed by atoms with Gasteiger partial charge in [0, 0.05) is 22.9 Å². The Morgan fingerprint density at radius 2 is 1.83 bits per heavy atom. The third-order valence-corrected chi connectivity index (χ3v) is 5.53. The molecular formula is C23H27NO6. The number of esters is 2. The number of hydrogen-bond acceptors (Lipinski definition) is 7. The predicted molar refractivity (Wildman–Crippen MR) is 109 cm³/mol. The van der Waals surface area contributed by atoms with Crippen molar-refractivity contribution in [2.45, 2.75) is 46.1 Å². The molecule has 1 aromatic carbocycles. The summed E-state index contributed by atoms with van der Waals surface area (Å²) >= 11 is 0. The summed E-state index contributed by atoms with van der Waals surface area (Å²) < 4.78 is 10.3. The number of allylic oxidation sites excluding steroid dienone is 3. The van der Waals surface area contributed by atoms with Gasteiger partial charge in [0.05, 0.1) is 18.8 Å². The fourth-order valence-corrected chi connectivity index (χ4v) is 4.23. The van der Waals surface area contributed by atoms with Crippen LogP contribution in [0.25, 0.3) is 0 Å². The zero-order valence-corrected chi connectivity index (χ0v) is 17.8. The monoisotopic (exact) mass is 413 g/mol. The Morgan fingerprint density at radius 1 is 1.20 bits per heavy atom. The fourth-order valence-electron chi connectivity index (χ4n) is 4.23. The van der Waals surface area contributed by atoms with Gasteiger partial charge in [0.2, 0.25) is 0 Å². The highest BCUT2D eigenvalue weighted by Crippen LogP contribution is 2.45. The average molecular weight is 413 g/mol. The minimum Gasteiger partial charge on any atom is -0.508 e. The molecule has 1 aliphatic carbocycles. The number of Topliss-reactive ketones (excluding diaryl/α,β-unsaturated/α-hetero) is 1. The van der Waals surface area contributed by atoms with Crippen LogP contribution in [0.5, 0.6) is 5.75 Å². The lowest BCUT2D eigenvalue weighted by Gasteiger charge is -2.38. The van der Waals surface area contributed by atoms with Crippen molar-refractivity contribution in [3.63, 3.8) is 0 Å². The van der Waals surface area contributed by atoms with E-state index in [9.17, 15) is 19.5 Å². The van der Waals surface area contributed by atoms with Crippen LogP contribution in [0.1, 0.15) is 45.6 Å². The van der Waals surface area contributed by atoms with Gasteiger partial charge in [-0.25, -0.2) is 4.79 Å². The second-order valence-corrected chi connectivity index (χ2v) is 8.08. The van der Waals surface area contributed by atoms with Crippen molar-refractivity contribution in [3.8, 4) is 5.75 Å². The van der Waals surface area contributed by atoms with E-state index < -0.39 is 23.8 Å². The Morgan fingerprint density at radius 3 is 2.40 bits per heavy atom. The lowest BCUT2D eigenvalue weighted by Crippen LogP contribution is -2.43. The van der Waals surface area contributed by atoms with Crippen molar-refractivity contribution in [2.75, 3.05) is 7.11 Å². The summed E-state index contributed by atoms with van der Waals surface area (Å²) in [5, 5.41) is 12.9. The summed E-state index contributed by atoms with van der Waals surface area (Å²) in [6.45, 7) is 7.12. The quantitative estimate of drug-likeness (QED) is 0.578. The van der Waals surface area contributed by atoms with Crippen molar-refractivity contribution in [3.05, 3.63) is 52.4 Å². The van der Waals surface area contributed by atoms with E-state index in [1.165, 1.54) is 19.2 Å². The van der Waals surface area contributed by atoms with Crippen LogP contribution >= 0.6 is 0 Å². The largest absolute Gasteiger partial charge is 0.508 e. The van der Waals surface area contributed by atoms with Gasteiger partial charge in [-0.1, -0.05) is 19.1 Å². The van der Waals surface area contributed by atoms with Gasteiger partial charge >= 0.3 is 11.9 Å². The van der Waals surface area contributed by atoms with Gasteiger partial charge in [0.15, 0.2) is 5.78 Å². The summed E-state index contributed by atoms with van der Waals surface area (Å²) in [6, 6.07) is 6.35. The maximum Gasteiger partial charge on any atom is 0.337 e. The molecule has 2 aliphatic rings. The fraction of sp³-hybridized carbons (Fsp3) is 0.435. The maximum absolute atomic E-state index is 13.5. The molecule has 0 fully saturated rings. The van der Waals surface area contributed by atoms with E-state index >= 15 is 0 Å². The lowest BCUT2D eigenvalue weighted by molar-refractivity contribution is -0.151. The predicted octanol–water partition coefficient (Wildman–Crippen LogP) is 2.96. The molecule has 0 bridgehead atoms. The number of dihydropyridines is 1. The highest BCUT2D eigenvalue weighted by Gasteiger charge is 2.47. The van der Waals surface area contributed by atoms with Gasteiger partial charge in [-0.2, -0.15) is 0 Å². The maximum atomic E-state index is 13.5. The number of phenols is 1. The normalized spacial score (nSPS) is 23.8. The van der Waals surface area contributed by atoms with Crippen LogP contribution in [0.3, 0.4) is 0 Å². The summed E-state index contributed by atoms with van der Waals surface area (Å²) in [5.41, 5.74) is 2.65. The Hall–Kier alpha value is -3.09. The second-order valence-electron chi connectivity index (χ2n) is 8.08. The van der Waals surface area contributed by atoms with Crippen LogP contribution in [0, 0.1) is 11.8 Å². The number of ether oxygens (including phenoxy) is 2. The van der Waals surface area contributed by atoms with E-state index in [2.05, 4.69) is 5.32 Å². The molecule has 1 heterocycles. The molecule has 0 saturated carbocycles. The minimum atomic E-state index is -0.934. The molecule has 7 heteroatoms. The number of rotatable bonds is 4. The average Bonchev–Trinajstić information content (AvgIpc) is 2.66. The summed E-state index contributed by atoms with van der Waals surface area (Å²) in [5.74, 6) is -3.28. The van der Waals surface area contributed by atoms with Crippen LogP contribution in [0.4, 0.5) is 0 Å². The highest BCUT2D eigenvalue weighted by molar-refractivity contribution is 6.12. The number of benzene rings is 1. The molecular weight excluding hydrogens is 386 g/mol. The molecule has 2 N–H and O–H groups in total. The SMILES string of the molecule is COC(=O)[C@H]1C(=O)C2=C(C[C@H]1C)NC(C)=C(C(=O)OC(C)C)[C@@H]2c1ccc(O)cc1. The first kappa shape index (κ1) is 21.6. The van der Waals surface area contributed by atoms with Gasteiger partial charge in [-0.3, -0.25) is 9.59 Å². The number of methoxy groups -OCH3 is 1. The Balaban J connectivity index is 2.17. The van der Waals surface area contributed by atoms with Crippen LogP contribution in [-0.4, -0.2) is 36.0 Å². The van der Waals surface area contributed by atoms with E-state index in [0.717, 1.165) is 0 Å². The molecule has 0 unspecified atom stereocenters. The molecule has 0 aromatic heterocycles. The zero-order valence-electron chi connectivity index (χ0n) is 17.8. The van der Waals surface area contributed by atoms with Gasteiger partial charge < -0.3 is 19.9 Å². The number of nitrogens with one attached hydrogen (secondary N) is 1. The third kappa shape index (κ3) is 3.84. The molecule has 3 rings (SSSR count). The van der Waals surface area contributed by atoms with Gasteiger partial charge in [-0.15, -0.1) is 0 Å². The smallest absolute Gasteiger partial charge is 0.337 e. The van der Waals surface area contributed by atoms with Gasteiger partial charge in [0.25, 0.3) is 0 Å². The van der Waals surface area contributed by atoms with E-state index in [0.29, 0.717) is 34.5 Å². The molecule has 160 valence electrons. The molecule has 0 saturated heterocycles. The number of carbonyl (C=O) groups is 3. The first-order chi connectivity index (χ1) is 14.1. The Kier molecular flexibility index (Phi) is 6.01. The van der Waals surface area contributed by atoms with E-state index in [1.807, 2.05) is 6.92 Å². The molecule has 0 radical (unpaired) electrons. The first-order valence-electron chi connectivity index (χ1n) is 9.98. The molecule has 0 amide bonds. The van der Waals surface area contributed by atoms with Crippen LogP contribution < -0.4 is 5.32 Å². The minimum absolute atomic E-state index is 0.0740.